The number of ether oxygens (including phenoxy) is 1. The van der Waals surface area contributed by atoms with Crippen molar-refractivity contribution in [1.82, 2.24) is 15.0 Å². The standard InChI is InChI=1S/C15H20N4O/c1-10(2)20-15-13(6-5-7-16-15)8-18-14-9-17-11(3)12(4)19-14/h5-7,9-10H,8H2,1-4H3,(H,18,19). The largest absolute Gasteiger partial charge is 0.475 e. The van der Waals surface area contributed by atoms with Crippen molar-refractivity contribution in [1.29, 1.82) is 0 Å². The minimum absolute atomic E-state index is 0.102. The molecule has 0 fully saturated rings. The molecule has 0 spiro atoms. The van der Waals surface area contributed by atoms with Gasteiger partial charge in [0, 0.05) is 18.3 Å². The van der Waals surface area contributed by atoms with Gasteiger partial charge in [-0.3, -0.25) is 4.98 Å². The first-order valence-corrected chi connectivity index (χ1v) is 6.71. The molecule has 5 nitrogen and oxygen atoms in total. The van der Waals surface area contributed by atoms with E-state index < -0.39 is 0 Å². The van der Waals surface area contributed by atoms with Gasteiger partial charge in [0.05, 0.1) is 23.7 Å². The molecule has 0 bridgehead atoms. The lowest BCUT2D eigenvalue weighted by Gasteiger charge is -2.13. The van der Waals surface area contributed by atoms with Gasteiger partial charge in [-0.1, -0.05) is 6.07 Å². The Balaban J connectivity index is 2.08. The van der Waals surface area contributed by atoms with Gasteiger partial charge in [0.25, 0.3) is 0 Å². The van der Waals surface area contributed by atoms with Crippen LogP contribution in [-0.4, -0.2) is 21.1 Å². The molecule has 0 radical (unpaired) electrons. The molecule has 1 N–H and O–H groups in total. The highest BCUT2D eigenvalue weighted by Crippen LogP contribution is 2.17. The second-order valence-corrected chi connectivity index (χ2v) is 4.91. The van der Waals surface area contributed by atoms with Crippen molar-refractivity contribution >= 4 is 5.82 Å². The lowest BCUT2D eigenvalue weighted by Crippen LogP contribution is -2.11. The van der Waals surface area contributed by atoms with Gasteiger partial charge in [0.1, 0.15) is 5.82 Å². The number of nitrogens with one attached hydrogen (secondary N) is 1. The summed E-state index contributed by atoms with van der Waals surface area (Å²) >= 11 is 0. The number of pyridine rings is 1. The zero-order chi connectivity index (χ0) is 14.5. The van der Waals surface area contributed by atoms with E-state index in [0.29, 0.717) is 12.4 Å². The Morgan fingerprint density at radius 3 is 2.70 bits per heavy atom. The molecule has 106 valence electrons. The molecular weight excluding hydrogens is 252 g/mol. The van der Waals surface area contributed by atoms with Crippen molar-refractivity contribution in [3.63, 3.8) is 0 Å². The van der Waals surface area contributed by atoms with Crippen LogP contribution in [0.4, 0.5) is 5.82 Å². The summed E-state index contributed by atoms with van der Waals surface area (Å²) in [7, 11) is 0. The summed E-state index contributed by atoms with van der Waals surface area (Å²) in [6.07, 6.45) is 3.57. The van der Waals surface area contributed by atoms with Gasteiger partial charge in [-0.2, -0.15) is 0 Å². The van der Waals surface area contributed by atoms with Crippen molar-refractivity contribution in [2.45, 2.75) is 40.3 Å². The van der Waals surface area contributed by atoms with Gasteiger partial charge in [-0.15, -0.1) is 0 Å². The molecule has 5 heteroatoms. The van der Waals surface area contributed by atoms with Gasteiger partial charge >= 0.3 is 0 Å². The minimum Gasteiger partial charge on any atom is -0.475 e. The molecule has 0 aliphatic heterocycles. The van der Waals surface area contributed by atoms with Crippen LogP contribution in [0.2, 0.25) is 0 Å². The molecular formula is C15H20N4O. The molecule has 0 atom stereocenters. The molecule has 0 saturated heterocycles. The van der Waals surface area contributed by atoms with Crippen LogP contribution in [0.1, 0.15) is 30.8 Å². The third kappa shape index (κ3) is 3.66. The predicted molar refractivity (Wildman–Crippen MR) is 78.8 cm³/mol. The fourth-order valence-corrected chi connectivity index (χ4v) is 1.70. The molecule has 2 aromatic rings. The van der Waals surface area contributed by atoms with Gasteiger partial charge in [-0.25, -0.2) is 9.97 Å². The molecule has 20 heavy (non-hydrogen) atoms. The number of rotatable bonds is 5. The van der Waals surface area contributed by atoms with Gasteiger partial charge in [-0.05, 0) is 33.8 Å². The summed E-state index contributed by atoms with van der Waals surface area (Å²) in [4.78, 5) is 13.0. The summed E-state index contributed by atoms with van der Waals surface area (Å²) in [5, 5.41) is 3.25. The second kappa shape index (κ2) is 6.32. The first-order chi connectivity index (χ1) is 9.56. The average Bonchev–Trinajstić information content (AvgIpc) is 2.41. The monoisotopic (exact) mass is 272 g/mol. The van der Waals surface area contributed by atoms with Crippen molar-refractivity contribution < 1.29 is 4.74 Å². The summed E-state index contributed by atoms with van der Waals surface area (Å²) in [6, 6.07) is 3.89. The zero-order valence-electron chi connectivity index (χ0n) is 12.3. The van der Waals surface area contributed by atoms with Crippen LogP contribution in [-0.2, 0) is 6.54 Å². The first kappa shape index (κ1) is 14.2. The highest BCUT2D eigenvalue weighted by Gasteiger charge is 2.07. The van der Waals surface area contributed by atoms with E-state index in [0.717, 1.165) is 22.8 Å². The third-order valence-corrected chi connectivity index (χ3v) is 2.85. The van der Waals surface area contributed by atoms with E-state index in [1.54, 1.807) is 12.4 Å². The maximum absolute atomic E-state index is 5.69. The fourth-order valence-electron chi connectivity index (χ4n) is 1.70. The molecule has 0 aliphatic carbocycles. The number of anilines is 1. The van der Waals surface area contributed by atoms with E-state index in [1.807, 2.05) is 39.8 Å². The van der Waals surface area contributed by atoms with E-state index in [-0.39, 0.29) is 6.10 Å². The minimum atomic E-state index is 0.102. The van der Waals surface area contributed by atoms with E-state index >= 15 is 0 Å². The number of hydrogen-bond acceptors (Lipinski definition) is 5. The molecule has 2 heterocycles. The normalized spacial score (nSPS) is 10.7. The number of hydrogen-bond donors (Lipinski definition) is 1. The van der Waals surface area contributed by atoms with E-state index in [4.69, 9.17) is 4.74 Å². The van der Waals surface area contributed by atoms with Gasteiger partial charge < -0.3 is 10.1 Å². The predicted octanol–water partition coefficient (Wildman–Crippen LogP) is 2.89. The lowest BCUT2D eigenvalue weighted by molar-refractivity contribution is 0.230. The molecule has 0 aliphatic rings. The van der Waals surface area contributed by atoms with Gasteiger partial charge in [0.2, 0.25) is 5.88 Å². The molecule has 2 rings (SSSR count). The van der Waals surface area contributed by atoms with E-state index in [9.17, 15) is 0 Å². The number of nitrogens with zero attached hydrogens (tertiary/aromatic N) is 3. The highest BCUT2D eigenvalue weighted by molar-refractivity contribution is 5.36. The van der Waals surface area contributed by atoms with Crippen molar-refractivity contribution in [2.75, 3.05) is 5.32 Å². The Hall–Kier alpha value is -2.17. The molecule has 2 aromatic heterocycles. The molecule has 0 aromatic carbocycles. The highest BCUT2D eigenvalue weighted by atomic mass is 16.5. The summed E-state index contributed by atoms with van der Waals surface area (Å²) < 4.78 is 5.69. The van der Waals surface area contributed by atoms with Crippen LogP contribution >= 0.6 is 0 Å². The fraction of sp³-hybridized carbons (Fsp3) is 0.400. The topological polar surface area (TPSA) is 59.9 Å². The van der Waals surface area contributed by atoms with Crippen molar-refractivity contribution in [3.8, 4) is 5.88 Å². The first-order valence-electron chi connectivity index (χ1n) is 6.71. The Bertz CT molecular complexity index is 584. The smallest absolute Gasteiger partial charge is 0.218 e. The molecule has 0 unspecified atom stereocenters. The van der Waals surface area contributed by atoms with E-state index in [1.165, 1.54) is 0 Å². The van der Waals surface area contributed by atoms with Gasteiger partial charge in [0.15, 0.2) is 0 Å². The van der Waals surface area contributed by atoms with E-state index in [2.05, 4.69) is 20.3 Å². The zero-order valence-corrected chi connectivity index (χ0v) is 12.3. The summed E-state index contributed by atoms with van der Waals surface area (Å²) in [5.41, 5.74) is 2.88. The SMILES string of the molecule is Cc1ncc(NCc2cccnc2OC(C)C)nc1C. The summed E-state index contributed by atoms with van der Waals surface area (Å²) in [5.74, 6) is 1.42. The van der Waals surface area contributed by atoms with Crippen LogP contribution in [0.15, 0.2) is 24.5 Å². The van der Waals surface area contributed by atoms with Crippen molar-refractivity contribution in [2.24, 2.45) is 0 Å². The van der Waals surface area contributed by atoms with Crippen LogP contribution < -0.4 is 10.1 Å². The van der Waals surface area contributed by atoms with Crippen LogP contribution in [0.3, 0.4) is 0 Å². The third-order valence-electron chi connectivity index (χ3n) is 2.85. The maximum atomic E-state index is 5.69. The Labute approximate surface area is 119 Å². The number of aryl methyl sites for hydroxylation is 2. The maximum Gasteiger partial charge on any atom is 0.218 e. The lowest BCUT2D eigenvalue weighted by atomic mass is 10.2. The van der Waals surface area contributed by atoms with Crippen LogP contribution in [0.25, 0.3) is 0 Å². The molecule has 0 saturated carbocycles. The Morgan fingerprint density at radius 1 is 1.20 bits per heavy atom. The Kier molecular flexibility index (Phi) is 4.50. The van der Waals surface area contributed by atoms with Crippen molar-refractivity contribution in [3.05, 3.63) is 41.5 Å². The molecule has 0 amide bonds. The second-order valence-electron chi connectivity index (χ2n) is 4.91. The Morgan fingerprint density at radius 2 is 2.00 bits per heavy atom. The van der Waals surface area contributed by atoms with Crippen LogP contribution in [0.5, 0.6) is 5.88 Å². The summed E-state index contributed by atoms with van der Waals surface area (Å²) in [6.45, 7) is 8.47. The number of aromatic nitrogens is 3. The quantitative estimate of drug-likeness (QED) is 0.907. The average molecular weight is 272 g/mol. The van der Waals surface area contributed by atoms with Crippen LogP contribution in [0, 0.1) is 13.8 Å².